The number of hydrogen-bond donors (Lipinski definition) is 2. The van der Waals surface area contributed by atoms with Gasteiger partial charge in [0.25, 0.3) is 0 Å². The van der Waals surface area contributed by atoms with Gasteiger partial charge in [-0.05, 0) is 18.9 Å². The number of nitrogen functional groups attached to an aromatic ring is 1. The average molecular weight is 281 g/mol. The van der Waals surface area contributed by atoms with Crippen molar-refractivity contribution < 1.29 is 9.66 Å². The molecule has 0 spiro atoms. The molecule has 1 fully saturated rings. The van der Waals surface area contributed by atoms with Crippen LogP contribution >= 0.6 is 0 Å². The summed E-state index contributed by atoms with van der Waals surface area (Å²) >= 11 is 0. The van der Waals surface area contributed by atoms with Crippen LogP contribution in [0, 0.1) is 10.1 Å². The number of piperidine rings is 1. The summed E-state index contributed by atoms with van der Waals surface area (Å²) < 4.78 is 5.37. The third-order valence-electron chi connectivity index (χ3n) is 3.65. The Morgan fingerprint density at radius 1 is 1.60 bits per heavy atom. The second-order valence-corrected chi connectivity index (χ2v) is 4.80. The van der Waals surface area contributed by atoms with Crippen molar-refractivity contribution in [1.82, 2.24) is 4.98 Å². The molecule has 2 unspecified atom stereocenters. The molecule has 0 saturated carbocycles. The molecule has 2 atom stereocenters. The maximum Gasteiger partial charge on any atom is 0.311 e. The summed E-state index contributed by atoms with van der Waals surface area (Å²) in [6, 6.07) is 3.10. The minimum Gasteiger partial charge on any atom is -0.381 e. The summed E-state index contributed by atoms with van der Waals surface area (Å²) in [4.78, 5) is 16.4. The van der Waals surface area contributed by atoms with Gasteiger partial charge in [-0.2, -0.15) is 0 Å². The van der Waals surface area contributed by atoms with Gasteiger partial charge in [-0.1, -0.05) is 0 Å². The molecule has 1 aliphatic rings. The van der Waals surface area contributed by atoms with Crippen LogP contribution in [0.4, 0.5) is 17.3 Å². The number of aromatic nitrogens is 1. The van der Waals surface area contributed by atoms with Crippen LogP contribution in [0.2, 0.25) is 0 Å². The number of rotatable bonds is 4. The van der Waals surface area contributed by atoms with Crippen LogP contribution in [0.15, 0.2) is 12.1 Å². The standard InChI is InChI=1S/C12H19N5O3/c1-20-9-4-5-16(8(6-9)7-13)11-3-2-10(17(18)19)12(14)15-11/h2-3,8-9H,4-7,13H2,1H3,(H2,14,15). The normalized spacial score (nSPS) is 22.8. The number of methoxy groups -OCH3 is 1. The molecular formula is C12H19N5O3. The van der Waals surface area contributed by atoms with E-state index < -0.39 is 4.92 Å². The van der Waals surface area contributed by atoms with E-state index in [0.29, 0.717) is 12.4 Å². The van der Waals surface area contributed by atoms with Crippen LogP contribution in [0.1, 0.15) is 12.8 Å². The van der Waals surface area contributed by atoms with Gasteiger partial charge in [-0.15, -0.1) is 0 Å². The van der Waals surface area contributed by atoms with Crippen molar-refractivity contribution >= 4 is 17.3 Å². The number of hydrogen-bond acceptors (Lipinski definition) is 7. The zero-order valence-corrected chi connectivity index (χ0v) is 11.4. The van der Waals surface area contributed by atoms with Crippen molar-refractivity contribution in [3.05, 3.63) is 22.2 Å². The van der Waals surface area contributed by atoms with E-state index in [1.54, 1.807) is 13.2 Å². The van der Waals surface area contributed by atoms with Crippen molar-refractivity contribution in [2.75, 3.05) is 30.8 Å². The molecular weight excluding hydrogens is 262 g/mol. The molecule has 0 aromatic carbocycles. The van der Waals surface area contributed by atoms with E-state index in [2.05, 4.69) is 4.98 Å². The Morgan fingerprint density at radius 3 is 2.90 bits per heavy atom. The predicted octanol–water partition coefficient (Wildman–Crippen LogP) is 0.514. The van der Waals surface area contributed by atoms with E-state index in [-0.39, 0.29) is 23.7 Å². The Kier molecular flexibility index (Phi) is 4.35. The molecule has 2 heterocycles. The van der Waals surface area contributed by atoms with Crippen LogP contribution in [0.5, 0.6) is 0 Å². The van der Waals surface area contributed by atoms with Gasteiger partial charge in [0.15, 0.2) is 0 Å². The number of pyridine rings is 1. The summed E-state index contributed by atoms with van der Waals surface area (Å²) in [5.74, 6) is 0.551. The number of nitrogens with two attached hydrogens (primary N) is 2. The molecule has 2 rings (SSSR count). The van der Waals surface area contributed by atoms with Crippen molar-refractivity contribution in [2.24, 2.45) is 5.73 Å². The van der Waals surface area contributed by atoms with Gasteiger partial charge in [-0.3, -0.25) is 10.1 Å². The largest absolute Gasteiger partial charge is 0.381 e. The maximum absolute atomic E-state index is 10.7. The average Bonchev–Trinajstić information content (AvgIpc) is 2.46. The second-order valence-electron chi connectivity index (χ2n) is 4.80. The minimum absolute atomic E-state index is 0.0721. The van der Waals surface area contributed by atoms with Gasteiger partial charge in [0, 0.05) is 32.3 Å². The Bertz CT molecular complexity index is 496. The molecule has 1 aliphatic heterocycles. The van der Waals surface area contributed by atoms with Crippen molar-refractivity contribution in [1.29, 1.82) is 0 Å². The highest BCUT2D eigenvalue weighted by molar-refractivity contribution is 5.58. The van der Waals surface area contributed by atoms with Gasteiger partial charge in [-0.25, -0.2) is 4.98 Å². The second kappa shape index (κ2) is 6.02. The lowest BCUT2D eigenvalue weighted by Gasteiger charge is -2.39. The van der Waals surface area contributed by atoms with Gasteiger partial charge in [0.1, 0.15) is 5.82 Å². The maximum atomic E-state index is 10.7. The lowest BCUT2D eigenvalue weighted by atomic mass is 9.99. The van der Waals surface area contributed by atoms with Crippen molar-refractivity contribution in [3.63, 3.8) is 0 Å². The van der Waals surface area contributed by atoms with E-state index >= 15 is 0 Å². The molecule has 110 valence electrons. The first-order valence-corrected chi connectivity index (χ1v) is 6.47. The molecule has 8 nitrogen and oxygen atoms in total. The van der Waals surface area contributed by atoms with E-state index in [9.17, 15) is 10.1 Å². The Labute approximate surface area is 116 Å². The summed E-state index contributed by atoms with van der Waals surface area (Å²) in [6.45, 7) is 1.21. The Balaban J connectivity index is 2.22. The molecule has 0 aliphatic carbocycles. The van der Waals surface area contributed by atoms with Crippen molar-refractivity contribution in [3.8, 4) is 0 Å². The predicted molar refractivity (Wildman–Crippen MR) is 75.5 cm³/mol. The highest BCUT2D eigenvalue weighted by Gasteiger charge is 2.29. The smallest absolute Gasteiger partial charge is 0.311 e. The Hall–Kier alpha value is -1.93. The van der Waals surface area contributed by atoms with Crippen LogP contribution in [0.25, 0.3) is 0 Å². The summed E-state index contributed by atoms with van der Waals surface area (Å²) in [5.41, 5.74) is 11.3. The highest BCUT2D eigenvalue weighted by atomic mass is 16.6. The quantitative estimate of drug-likeness (QED) is 0.609. The summed E-state index contributed by atoms with van der Waals surface area (Å²) in [5, 5.41) is 10.7. The van der Waals surface area contributed by atoms with E-state index in [0.717, 1.165) is 19.4 Å². The first-order valence-electron chi connectivity index (χ1n) is 6.47. The molecule has 0 radical (unpaired) electrons. The van der Waals surface area contributed by atoms with E-state index in [1.165, 1.54) is 6.07 Å². The number of ether oxygens (including phenoxy) is 1. The van der Waals surface area contributed by atoms with E-state index in [1.807, 2.05) is 4.90 Å². The molecule has 20 heavy (non-hydrogen) atoms. The minimum atomic E-state index is -0.538. The summed E-state index contributed by atoms with van der Waals surface area (Å²) in [6.07, 6.45) is 1.87. The van der Waals surface area contributed by atoms with E-state index in [4.69, 9.17) is 16.2 Å². The fraction of sp³-hybridized carbons (Fsp3) is 0.583. The first kappa shape index (κ1) is 14.5. The summed E-state index contributed by atoms with van der Waals surface area (Å²) in [7, 11) is 1.69. The molecule has 1 saturated heterocycles. The van der Waals surface area contributed by atoms with Crippen LogP contribution in [-0.4, -0.2) is 42.3 Å². The third kappa shape index (κ3) is 2.81. The zero-order valence-electron chi connectivity index (χ0n) is 11.4. The molecule has 1 aromatic heterocycles. The van der Waals surface area contributed by atoms with Crippen LogP contribution in [0.3, 0.4) is 0 Å². The fourth-order valence-electron chi connectivity index (χ4n) is 2.52. The SMILES string of the molecule is COC1CCN(c2ccc([N+](=O)[O-])c(N)n2)C(CN)C1. The highest BCUT2D eigenvalue weighted by Crippen LogP contribution is 2.28. The van der Waals surface area contributed by atoms with Gasteiger partial charge in [0.05, 0.1) is 11.0 Å². The fourth-order valence-corrected chi connectivity index (χ4v) is 2.52. The monoisotopic (exact) mass is 281 g/mol. The molecule has 0 bridgehead atoms. The first-order chi connectivity index (χ1) is 9.56. The van der Waals surface area contributed by atoms with Gasteiger partial charge in [0.2, 0.25) is 5.82 Å². The third-order valence-corrected chi connectivity index (χ3v) is 3.65. The number of nitro groups is 1. The van der Waals surface area contributed by atoms with Crippen LogP contribution in [-0.2, 0) is 4.74 Å². The molecule has 4 N–H and O–H groups in total. The molecule has 1 aromatic rings. The van der Waals surface area contributed by atoms with Gasteiger partial charge < -0.3 is 21.1 Å². The molecule has 0 amide bonds. The van der Waals surface area contributed by atoms with Gasteiger partial charge >= 0.3 is 5.69 Å². The topological polar surface area (TPSA) is 121 Å². The van der Waals surface area contributed by atoms with Crippen molar-refractivity contribution in [2.45, 2.75) is 25.0 Å². The molecule has 8 heteroatoms. The number of anilines is 2. The number of nitrogens with zero attached hydrogens (tertiary/aromatic N) is 3. The Morgan fingerprint density at radius 2 is 2.35 bits per heavy atom. The lowest BCUT2D eigenvalue weighted by Crippen LogP contribution is -2.49. The lowest BCUT2D eigenvalue weighted by molar-refractivity contribution is -0.384. The van der Waals surface area contributed by atoms with Crippen LogP contribution < -0.4 is 16.4 Å². The zero-order chi connectivity index (χ0) is 14.7.